The molecule has 0 saturated heterocycles. The van der Waals surface area contributed by atoms with Crippen molar-refractivity contribution in [1.29, 1.82) is 0 Å². The fourth-order valence-corrected chi connectivity index (χ4v) is 18.4. The molecular formula is C72H67BN2. The summed E-state index contributed by atoms with van der Waals surface area (Å²) < 4.78 is 2.89. The SMILES string of the molecule is CC1(C)c2ccccc2-c2ccc(N3c4cc5c(cc4B4c6c(cc(-c7ccccc7)cc63)-c3cc(C67CCCC(CCC6)C7)cc6c7cc(C89CCCC(CCC8)C9)ccc7n4c36)C(C)(C)c3ccccc3-5)cc21. The number of hydrogen-bond donors (Lipinski definition) is 0. The van der Waals surface area contributed by atoms with E-state index in [2.05, 4.69) is 189 Å². The third-order valence-corrected chi connectivity index (χ3v) is 22.0. The van der Waals surface area contributed by atoms with Gasteiger partial charge < -0.3 is 9.38 Å². The predicted octanol–water partition coefficient (Wildman–Crippen LogP) is 17.7. The van der Waals surface area contributed by atoms with Crippen molar-refractivity contribution < 1.29 is 0 Å². The number of anilines is 3. The highest BCUT2D eigenvalue weighted by Crippen LogP contribution is 2.58. The van der Waals surface area contributed by atoms with Crippen molar-refractivity contribution in [3.8, 4) is 44.5 Å². The van der Waals surface area contributed by atoms with Gasteiger partial charge in [-0.25, -0.2) is 0 Å². The zero-order valence-electron chi connectivity index (χ0n) is 44.5. The minimum absolute atomic E-state index is 0.0194. The number of aromatic nitrogens is 1. The molecule has 0 radical (unpaired) electrons. The Morgan fingerprint density at radius 3 is 1.73 bits per heavy atom. The number of nitrogens with zero attached hydrogens (tertiary/aromatic N) is 2. The second-order valence-corrected chi connectivity index (χ2v) is 26.4. The predicted molar refractivity (Wildman–Crippen MR) is 316 cm³/mol. The maximum atomic E-state index is 2.89. The lowest BCUT2D eigenvalue weighted by Crippen LogP contribution is -2.57. The van der Waals surface area contributed by atoms with E-state index in [1.807, 2.05) is 0 Å². The van der Waals surface area contributed by atoms with Gasteiger partial charge in [0.15, 0.2) is 0 Å². The van der Waals surface area contributed by atoms with Crippen LogP contribution in [0.1, 0.15) is 151 Å². The number of benzene rings is 8. The van der Waals surface area contributed by atoms with Gasteiger partial charge in [-0.15, -0.1) is 0 Å². The smallest absolute Gasteiger partial charge is 0.333 e. The standard InChI is InChI=1S/C72H67BN2/c1-69(2)59-24-10-8-22-51(59)53-28-27-50(39-61(53)69)74-65-40-54-52-23-9-11-25-60(52)70(3,4)62(54)41-63(65)73-67-56(34-47(35-66(67)74)46-20-6-5-7-21-46)58-38-49(72-32-14-18-45(43-72)19-15-33-72)37-57-55-36-48(26-29-64(55)75(73)68(57)58)71-30-12-16-44(42-71)17-13-31-71/h5-11,20-29,34-41,44-45H,12-19,30-33,42-43H2,1-4H3. The Morgan fingerprint density at radius 1 is 0.440 bits per heavy atom. The first-order chi connectivity index (χ1) is 36.6. The number of hydrogen-bond acceptors (Lipinski definition) is 1. The molecule has 4 bridgehead atoms. The number of fused-ring (bicyclic) bond motifs is 17. The molecular weight excluding hydrogens is 904 g/mol. The Balaban J connectivity index is 1.00. The number of rotatable bonds is 4. The minimum Gasteiger partial charge on any atom is -0.375 e. The molecule has 2 aliphatic heterocycles. The van der Waals surface area contributed by atoms with E-state index in [9.17, 15) is 0 Å². The van der Waals surface area contributed by atoms with Crippen LogP contribution >= 0.6 is 0 Å². The summed E-state index contributed by atoms with van der Waals surface area (Å²) in [5.41, 5.74) is 29.7. The van der Waals surface area contributed by atoms with Gasteiger partial charge in [0.25, 0.3) is 0 Å². The maximum Gasteiger partial charge on any atom is 0.333 e. The van der Waals surface area contributed by atoms with E-state index >= 15 is 0 Å². The lowest BCUT2D eigenvalue weighted by Gasteiger charge is -2.46. The average molecular weight is 971 g/mol. The molecule has 3 heteroatoms. The zero-order chi connectivity index (χ0) is 49.7. The van der Waals surface area contributed by atoms with E-state index in [1.54, 1.807) is 11.1 Å². The quantitative estimate of drug-likeness (QED) is 0.160. The molecule has 0 spiro atoms. The summed E-state index contributed by atoms with van der Waals surface area (Å²) >= 11 is 0. The lowest BCUT2D eigenvalue weighted by atomic mass is 9.44. The van der Waals surface area contributed by atoms with Crippen molar-refractivity contribution in [1.82, 2.24) is 4.48 Å². The van der Waals surface area contributed by atoms with Gasteiger partial charge in [0.05, 0.1) is 0 Å². The van der Waals surface area contributed by atoms with Gasteiger partial charge in [-0.05, 0) is 199 Å². The van der Waals surface area contributed by atoms with E-state index in [-0.39, 0.29) is 23.1 Å². The summed E-state index contributed by atoms with van der Waals surface area (Å²) in [6.07, 6.45) is 19.1. The molecule has 2 nitrogen and oxygen atoms in total. The summed E-state index contributed by atoms with van der Waals surface area (Å²) in [6, 6.07) is 61.3. The maximum absolute atomic E-state index is 2.89. The first-order valence-corrected chi connectivity index (χ1v) is 29.3. The highest BCUT2D eigenvalue weighted by Gasteiger charge is 2.49. The molecule has 75 heavy (non-hydrogen) atoms. The van der Waals surface area contributed by atoms with Crippen LogP contribution in [-0.2, 0) is 21.7 Å². The summed E-state index contributed by atoms with van der Waals surface area (Å²) in [4.78, 5) is 2.73. The molecule has 0 unspecified atom stereocenters. The van der Waals surface area contributed by atoms with Gasteiger partial charge >= 0.3 is 6.85 Å². The fourth-order valence-electron chi connectivity index (χ4n) is 18.4. The van der Waals surface area contributed by atoms with Crippen LogP contribution < -0.4 is 15.8 Å². The second kappa shape index (κ2) is 15.1. The summed E-state index contributed by atoms with van der Waals surface area (Å²) in [5.74, 6) is 1.73. The Hall–Kier alpha value is -6.58. The normalized spacial score (nSPS) is 24.6. The van der Waals surface area contributed by atoms with Gasteiger partial charge in [0.2, 0.25) is 0 Å². The Morgan fingerprint density at radius 2 is 1.04 bits per heavy atom. The molecule has 0 atom stereocenters. The molecule has 0 amide bonds. The minimum atomic E-state index is -0.145. The third kappa shape index (κ3) is 5.78. The van der Waals surface area contributed by atoms with Gasteiger partial charge in [-0.1, -0.05) is 176 Å². The van der Waals surface area contributed by atoms with Gasteiger partial charge in [0.1, 0.15) is 0 Å². The zero-order valence-corrected chi connectivity index (χ0v) is 44.5. The van der Waals surface area contributed by atoms with E-state index in [1.165, 1.54) is 206 Å². The molecule has 1 aromatic heterocycles. The molecule has 368 valence electrons. The van der Waals surface area contributed by atoms with Crippen LogP contribution in [0.15, 0.2) is 152 Å². The van der Waals surface area contributed by atoms with Crippen LogP contribution in [0.25, 0.3) is 66.3 Å². The largest absolute Gasteiger partial charge is 0.375 e. The monoisotopic (exact) mass is 971 g/mol. The van der Waals surface area contributed by atoms with Crippen LogP contribution in [0, 0.1) is 11.8 Å². The van der Waals surface area contributed by atoms with Crippen molar-refractivity contribution in [2.45, 2.75) is 139 Å². The van der Waals surface area contributed by atoms with Crippen molar-refractivity contribution >= 4 is 56.6 Å². The van der Waals surface area contributed by atoms with E-state index in [4.69, 9.17) is 0 Å². The summed E-state index contributed by atoms with van der Waals surface area (Å²) in [5, 5.41) is 2.99. The summed E-state index contributed by atoms with van der Waals surface area (Å²) in [7, 11) is 0. The fraction of sp³-hybridized carbons (Fsp3) is 0.333. The third-order valence-electron chi connectivity index (χ3n) is 22.0. The van der Waals surface area contributed by atoms with Gasteiger partial charge in [0, 0.05) is 55.3 Å². The van der Waals surface area contributed by atoms with Gasteiger partial charge in [-0.3, -0.25) is 0 Å². The van der Waals surface area contributed by atoms with Crippen molar-refractivity contribution in [2.24, 2.45) is 11.8 Å². The summed E-state index contributed by atoms with van der Waals surface area (Å²) in [6.45, 7) is 9.80. The molecule has 3 heterocycles. The van der Waals surface area contributed by atoms with Crippen LogP contribution in [0.2, 0.25) is 0 Å². The van der Waals surface area contributed by atoms with Crippen molar-refractivity contribution in [3.63, 3.8) is 0 Å². The molecule has 4 fully saturated rings. The molecule has 4 saturated carbocycles. The van der Waals surface area contributed by atoms with E-state index < -0.39 is 0 Å². The van der Waals surface area contributed by atoms with Crippen LogP contribution in [0.3, 0.4) is 0 Å². The van der Waals surface area contributed by atoms with Crippen molar-refractivity contribution in [3.05, 3.63) is 185 Å². The van der Waals surface area contributed by atoms with E-state index in [0.29, 0.717) is 5.41 Å². The van der Waals surface area contributed by atoms with Gasteiger partial charge in [-0.2, -0.15) is 0 Å². The highest BCUT2D eigenvalue weighted by molar-refractivity contribution is 6.90. The molecule has 8 aromatic carbocycles. The lowest BCUT2D eigenvalue weighted by molar-refractivity contribution is 0.149. The first-order valence-electron chi connectivity index (χ1n) is 29.3. The van der Waals surface area contributed by atoms with Crippen LogP contribution in [-0.4, -0.2) is 11.3 Å². The molecule has 17 rings (SSSR count). The first kappa shape index (κ1) is 43.6. The Labute approximate surface area is 444 Å². The topological polar surface area (TPSA) is 8.17 Å². The highest BCUT2D eigenvalue weighted by atomic mass is 15.2. The molecule has 0 N–H and O–H groups in total. The molecule has 8 aliphatic rings. The average Bonchev–Trinajstić information content (AvgIpc) is 4.19. The molecule has 6 aliphatic carbocycles. The Bertz CT molecular complexity index is 3940. The Kier molecular flexibility index (Phi) is 8.78. The van der Waals surface area contributed by atoms with Crippen LogP contribution in [0.4, 0.5) is 17.1 Å². The molecule has 9 aromatic rings. The second-order valence-electron chi connectivity index (χ2n) is 26.4. The van der Waals surface area contributed by atoms with Crippen LogP contribution in [0.5, 0.6) is 0 Å². The van der Waals surface area contributed by atoms with Crippen molar-refractivity contribution in [2.75, 3.05) is 4.90 Å². The van der Waals surface area contributed by atoms with E-state index in [0.717, 1.165) is 11.8 Å².